The van der Waals surface area contributed by atoms with Crippen LogP contribution >= 0.6 is 11.3 Å². The van der Waals surface area contributed by atoms with Crippen molar-refractivity contribution in [3.05, 3.63) is 10.6 Å². The molecule has 1 fully saturated rings. The van der Waals surface area contributed by atoms with Crippen molar-refractivity contribution < 1.29 is 14.3 Å². The minimum atomic E-state index is -0.303. The highest BCUT2D eigenvalue weighted by Crippen LogP contribution is 2.30. The third-order valence-corrected chi connectivity index (χ3v) is 5.62. The molecule has 0 saturated carbocycles. The smallest absolute Gasteiger partial charge is 0.231 e. The van der Waals surface area contributed by atoms with Gasteiger partial charge in [0.2, 0.25) is 11.8 Å². The Kier molecular flexibility index (Phi) is 4.96. The fraction of sp³-hybridized carbons (Fsp3) is 0.688. The number of aryl methyl sites for hydroxylation is 2. The first-order valence-electron chi connectivity index (χ1n) is 8.16. The van der Waals surface area contributed by atoms with Gasteiger partial charge in [-0.3, -0.25) is 9.59 Å². The number of rotatable bonds is 5. The van der Waals surface area contributed by atoms with Gasteiger partial charge in [-0.2, -0.15) is 0 Å². The molecule has 23 heavy (non-hydrogen) atoms. The van der Waals surface area contributed by atoms with Gasteiger partial charge in [-0.1, -0.05) is 0 Å². The molecule has 7 heteroatoms. The van der Waals surface area contributed by atoms with Crippen LogP contribution in [0.2, 0.25) is 0 Å². The first kappa shape index (κ1) is 16.4. The number of nitrogens with one attached hydrogen (secondary N) is 1. The maximum Gasteiger partial charge on any atom is 0.231 e. The lowest BCUT2D eigenvalue weighted by Gasteiger charge is -2.23. The SMILES string of the molecule is COCC(C)N1CC(C(=O)Nc2nc3c(s2)CCCC3)CC1=O. The Bertz CT molecular complexity index is 578. The van der Waals surface area contributed by atoms with E-state index in [0.717, 1.165) is 18.5 Å². The maximum atomic E-state index is 12.4. The number of carbonyl (C=O) groups is 2. The summed E-state index contributed by atoms with van der Waals surface area (Å²) in [5.41, 5.74) is 1.13. The van der Waals surface area contributed by atoms with Crippen molar-refractivity contribution in [2.24, 2.45) is 5.92 Å². The van der Waals surface area contributed by atoms with Crippen molar-refractivity contribution in [3.8, 4) is 0 Å². The summed E-state index contributed by atoms with van der Waals surface area (Å²) in [4.78, 5) is 32.1. The van der Waals surface area contributed by atoms with E-state index in [0.29, 0.717) is 18.3 Å². The highest BCUT2D eigenvalue weighted by atomic mass is 32.1. The Morgan fingerprint density at radius 3 is 3.00 bits per heavy atom. The molecule has 1 aromatic rings. The largest absolute Gasteiger partial charge is 0.383 e. The molecule has 1 N–H and O–H groups in total. The number of nitrogens with zero attached hydrogens (tertiary/aromatic N) is 2. The van der Waals surface area contributed by atoms with E-state index < -0.39 is 0 Å². The molecule has 0 aromatic carbocycles. The zero-order valence-corrected chi connectivity index (χ0v) is 14.4. The summed E-state index contributed by atoms with van der Waals surface area (Å²) in [6.07, 6.45) is 4.71. The number of ether oxygens (including phenoxy) is 1. The molecule has 0 spiro atoms. The number of thiazole rings is 1. The van der Waals surface area contributed by atoms with Crippen LogP contribution in [0.25, 0.3) is 0 Å². The Morgan fingerprint density at radius 2 is 2.26 bits per heavy atom. The van der Waals surface area contributed by atoms with Crippen LogP contribution in [0.4, 0.5) is 5.13 Å². The molecule has 0 bridgehead atoms. The van der Waals surface area contributed by atoms with Crippen LogP contribution in [0, 0.1) is 5.92 Å². The Labute approximate surface area is 140 Å². The average molecular weight is 337 g/mol. The summed E-state index contributed by atoms with van der Waals surface area (Å²) in [7, 11) is 1.62. The molecule has 2 unspecified atom stereocenters. The maximum absolute atomic E-state index is 12.4. The first-order valence-corrected chi connectivity index (χ1v) is 8.98. The van der Waals surface area contributed by atoms with Crippen LogP contribution in [-0.4, -0.2) is 48.0 Å². The number of likely N-dealkylation sites (tertiary alicyclic amines) is 1. The quantitative estimate of drug-likeness (QED) is 0.890. The first-order chi connectivity index (χ1) is 11.1. The zero-order chi connectivity index (χ0) is 16.4. The van der Waals surface area contributed by atoms with Crippen LogP contribution in [0.3, 0.4) is 0 Å². The number of hydrogen-bond donors (Lipinski definition) is 1. The molecule has 2 heterocycles. The van der Waals surface area contributed by atoms with Gasteiger partial charge in [0.1, 0.15) is 0 Å². The van der Waals surface area contributed by atoms with E-state index in [4.69, 9.17) is 4.74 Å². The number of fused-ring (bicyclic) bond motifs is 1. The average Bonchev–Trinajstić information content (AvgIpc) is 3.10. The highest BCUT2D eigenvalue weighted by Gasteiger charge is 2.36. The molecule has 126 valence electrons. The van der Waals surface area contributed by atoms with E-state index in [-0.39, 0.29) is 30.2 Å². The molecule has 2 atom stereocenters. The van der Waals surface area contributed by atoms with Crippen molar-refractivity contribution in [1.29, 1.82) is 0 Å². The number of aromatic nitrogens is 1. The van der Waals surface area contributed by atoms with Crippen LogP contribution in [0.1, 0.15) is 36.8 Å². The van der Waals surface area contributed by atoms with Gasteiger partial charge < -0.3 is 15.0 Å². The molecule has 6 nitrogen and oxygen atoms in total. The van der Waals surface area contributed by atoms with E-state index in [1.165, 1.54) is 17.7 Å². The number of carbonyl (C=O) groups excluding carboxylic acids is 2. The highest BCUT2D eigenvalue weighted by molar-refractivity contribution is 7.15. The van der Waals surface area contributed by atoms with Crippen molar-refractivity contribution in [2.75, 3.05) is 25.6 Å². The van der Waals surface area contributed by atoms with Crippen LogP contribution in [0.5, 0.6) is 0 Å². The molecular formula is C16H23N3O3S. The Hall–Kier alpha value is -1.47. The number of hydrogen-bond acceptors (Lipinski definition) is 5. The van der Waals surface area contributed by atoms with E-state index in [2.05, 4.69) is 10.3 Å². The van der Waals surface area contributed by atoms with E-state index in [9.17, 15) is 9.59 Å². The topological polar surface area (TPSA) is 71.5 Å². The summed E-state index contributed by atoms with van der Waals surface area (Å²) < 4.78 is 5.10. The standard InChI is InChI=1S/C16H23N3O3S/c1-10(9-22-2)19-8-11(7-14(19)20)15(21)18-16-17-12-5-3-4-6-13(12)23-16/h10-11H,3-9H2,1-2H3,(H,17,18,21). The second-order valence-corrected chi connectivity index (χ2v) is 7.42. The summed E-state index contributed by atoms with van der Waals surface area (Å²) in [6.45, 7) is 2.89. The zero-order valence-electron chi connectivity index (χ0n) is 13.6. The molecular weight excluding hydrogens is 314 g/mol. The molecule has 2 amide bonds. The van der Waals surface area contributed by atoms with Gasteiger partial charge in [-0.05, 0) is 32.6 Å². The fourth-order valence-corrected chi connectivity index (χ4v) is 4.33. The number of anilines is 1. The van der Waals surface area contributed by atoms with Gasteiger partial charge in [0.15, 0.2) is 5.13 Å². The van der Waals surface area contributed by atoms with Gasteiger partial charge in [0, 0.05) is 25.0 Å². The predicted octanol–water partition coefficient (Wildman–Crippen LogP) is 1.84. The van der Waals surface area contributed by atoms with Crippen LogP contribution < -0.4 is 5.32 Å². The third kappa shape index (κ3) is 3.55. The molecule has 1 aliphatic carbocycles. The molecule has 3 rings (SSSR count). The predicted molar refractivity (Wildman–Crippen MR) is 88.5 cm³/mol. The van der Waals surface area contributed by atoms with E-state index in [1.54, 1.807) is 23.3 Å². The van der Waals surface area contributed by atoms with Gasteiger partial charge in [0.25, 0.3) is 0 Å². The minimum Gasteiger partial charge on any atom is -0.383 e. The summed E-state index contributed by atoms with van der Waals surface area (Å²) in [5.74, 6) is -0.382. The van der Waals surface area contributed by atoms with Crippen molar-refractivity contribution in [1.82, 2.24) is 9.88 Å². The van der Waals surface area contributed by atoms with Crippen molar-refractivity contribution in [3.63, 3.8) is 0 Å². The van der Waals surface area contributed by atoms with Gasteiger partial charge in [-0.25, -0.2) is 4.98 Å². The number of methoxy groups -OCH3 is 1. The van der Waals surface area contributed by atoms with Gasteiger partial charge in [0.05, 0.1) is 24.3 Å². The number of amides is 2. The molecule has 1 saturated heterocycles. The van der Waals surface area contributed by atoms with Gasteiger partial charge >= 0.3 is 0 Å². The van der Waals surface area contributed by atoms with E-state index in [1.807, 2.05) is 6.92 Å². The molecule has 2 aliphatic rings. The van der Waals surface area contributed by atoms with Crippen molar-refractivity contribution in [2.45, 2.75) is 45.1 Å². The fourth-order valence-electron chi connectivity index (χ4n) is 3.28. The van der Waals surface area contributed by atoms with E-state index >= 15 is 0 Å². The minimum absolute atomic E-state index is 0.00234. The summed E-state index contributed by atoms with van der Waals surface area (Å²) in [6, 6.07) is -0.00234. The second-order valence-electron chi connectivity index (χ2n) is 6.34. The molecule has 1 aliphatic heterocycles. The monoisotopic (exact) mass is 337 g/mol. The summed E-state index contributed by atoms with van der Waals surface area (Å²) in [5, 5.41) is 3.59. The Morgan fingerprint density at radius 1 is 1.48 bits per heavy atom. The lowest BCUT2D eigenvalue weighted by molar-refractivity contribution is -0.130. The van der Waals surface area contributed by atoms with Crippen molar-refractivity contribution >= 4 is 28.3 Å². The normalized spacial score (nSPS) is 22.1. The third-order valence-electron chi connectivity index (χ3n) is 4.54. The van der Waals surface area contributed by atoms with Crippen LogP contribution in [0.15, 0.2) is 0 Å². The Balaban J connectivity index is 1.60. The lowest BCUT2D eigenvalue weighted by atomic mass is 10.0. The molecule has 1 aromatic heterocycles. The summed E-state index contributed by atoms with van der Waals surface area (Å²) >= 11 is 1.58. The van der Waals surface area contributed by atoms with Crippen LogP contribution in [-0.2, 0) is 27.2 Å². The lowest BCUT2D eigenvalue weighted by Crippen LogP contribution is -2.38. The van der Waals surface area contributed by atoms with Gasteiger partial charge in [-0.15, -0.1) is 11.3 Å². The second kappa shape index (κ2) is 6.97. The molecule has 0 radical (unpaired) electrons.